The van der Waals surface area contributed by atoms with Crippen molar-refractivity contribution in [3.8, 4) is 0 Å². The number of pyridine rings is 1. The Kier molecular flexibility index (Phi) is 9.34. The van der Waals surface area contributed by atoms with Crippen LogP contribution in [0.3, 0.4) is 0 Å². The molecule has 0 aliphatic carbocycles. The molecule has 0 radical (unpaired) electrons. The number of nitrogens with one attached hydrogen (secondary N) is 2. The van der Waals surface area contributed by atoms with Crippen molar-refractivity contribution in [2.45, 2.75) is 59.5 Å². The minimum Gasteiger partial charge on any atom is -0.359 e. The molecule has 0 amide bonds. The second-order valence-electron chi connectivity index (χ2n) is 8.23. The van der Waals surface area contributed by atoms with Crippen molar-refractivity contribution < 1.29 is 4.52 Å². The van der Waals surface area contributed by atoms with Crippen molar-refractivity contribution in [1.29, 1.82) is 0 Å². The van der Waals surface area contributed by atoms with Crippen molar-refractivity contribution in [1.82, 2.24) is 25.7 Å². The van der Waals surface area contributed by atoms with E-state index in [0.717, 1.165) is 80.9 Å². The first-order valence-corrected chi connectivity index (χ1v) is 12.1. The average molecular weight is 442 g/mol. The van der Waals surface area contributed by atoms with Gasteiger partial charge >= 0.3 is 0 Å². The van der Waals surface area contributed by atoms with Gasteiger partial charge in [0.25, 0.3) is 0 Å². The number of likely N-dealkylation sites (N-methyl/N-ethyl adjacent to an activating group) is 1. The summed E-state index contributed by atoms with van der Waals surface area (Å²) in [4.78, 5) is 14.2. The summed E-state index contributed by atoms with van der Waals surface area (Å²) in [6.45, 7) is 16.0. The molecule has 0 atom stereocenters. The summed E-state index contributed by atoms with van der Waals surface area (Å²) in [6.07, 6.45) is 4.08. The number of hydrogen-bond donors (Lipinski definition) is 2. The van der Waals surface area contributed by atoms with Crippen molar-refractivity contribution in [3.05, 3.63) is 41.4 Å². The van der Waals surface area contributed by atoms with Crippen LogP contribution in [0, 0.1) is 0 Å². The van der Waals surface area contributed by atoms with Crippen LogP contribution in [0.25, 0.3) is 0 Å². The third-order valence-electron chi connectivity index (χ3n) is 6.13. The number of anilines is 1. The molecule has 3 heterocycles. The van der Waals surface area contributed by atoms with Gasteiger partial charge in [0.1, 0.15) is 5.82 Å². The van der Waals surface area contributed by atoms with E-state index >= 15 is 0 Å². The minimum atomic E-state index is 0.459. The first-order valence-electron chi connectivity index (χ1n) is 12.1. The molecule has 0 spiro atoms. The monoisotopic (exact) mass is 441 g/mol. The van der Waals surface area contributed by atoms with E-state index in [2.05, 4.69) is 76.5 Å². The van der Waals surface area contributed by atoms with Crippen LogP contribution in [-0.2, 0) is 13.1 Å². The SMILES string of the molecule is CCNC(=NCc1ccc(N2CCN(CC)CC2)nc1)NCc1cc(C(CC)CC)no1. The summed E-state index contributed by atoms with van der Waals surface area (Å²) in [5.41, 5.74) is 2.13. The van der Waals surface area contributed by atoms with Crippen LogP contribution in [0.15, 0.2) is 33.9 Å². The van der Waals surface area contributed by atoms with Gasteiger partial charge in [0.05, 0.1) is 18.8 Å². The molecule has 0 saturated carbocycles. The second kappa shape index (κ2) is 12.4. The number of nitrogens with zero attached hydrogens (tertiary/aromatic N) is 5. The van der Waals surface area contributed by atoms with Crippen LogP contribution in [0.1, 0.15) is 63.5 Å². The average Bonchev–Trinajstić information content (AvgIpc) is 3.31. The zero-order valence-corrected chi connectivity index (χ0v) is 20.1. The highest BCUT2D eigenvalue weighted by atomic mass is 16.5. The molecule has 176 valence electrons. The van der Waals surface area contributed by atoms with Crippen LogP contribution >= 0.6 is 0 Å². The molecule has 8 nitrogen and oxygen atoms in total. The fraction of sp³-hybridized carbons (Fsp3) is 0.625. The molecule has 0 aromatic carbocycles. The standard InChI is InChI=1S/C24H39N7O/c1-5-20(6-2)22-15-21(32-29-22)18-28-24(25-7-3)27-17-19-9-10-23(26-16-19)31-13-11-30(8-4)12-14-31/h9-10,15-16,20H,5-8,11-14,17-18H2,1-4H3,(H2,25,27,28). The zero-order chi connectivity index (χ0) is 22.8. The van der Waals surface area contributed by atoms with Gasteiger partial charge in [0, 0.05) is 50.9 Å². The van der Waals surface area contributed by atoms with E-state index in [9.17, 15) is 0 Å². The predicted octanol–water partition coefficient (Wildman–Crippen LogP) is 3.37. The maximum absolute atomic E-state index is 5.51. The van der Waals surface area contributed by atoms with E-state index in [1.807, 2.05) is 6.20 Å². The van der Waals surface area contributed by atoms with Gasteiger partial charge in [-0.15, -0.1) is 0 Å². The first-order chi connectivity index (χ1) is 15.7. The lowest BCUT2D eigenvalue weighted by Gasteiger charge is -2.34. The zero-order valence-electron chi connectivity index (χ0n) is 20.1. The van der Waals surface area contributed by atoms with Crippen molar-refractivity contribution in [3.63, 3.8) is 0 Å². The Morgan fingerprint density at radius 2 is 1.88 bits per heavy atom. The van der Waals surface area contributed by atoms with Crippen LogP contribution in [0.4, 0.5) is 5.82 Å². The Labute approximate surface area is 192 Å². The Bertz CT molecular complexity index is 821. The van der Waals surface area contributed by atoms with Crippen LogP contribution in [-0.4, -0.2) is 60.3 Å². The molecule has 1 fully saturated rings. The maximum atomic E-state index is 5.51. The fourth-order valence-electron chi connectivity index (χ4n) is 3.99. The van der Waals surface area contributed by atoms with Gasteiger partial charge < -0.3 is 25.0 Å². The Morgan fingerprint density at radius 1 is 1.09 bits per heavy atom. The molecule has 2 N–H and O–H groups in total. The number of rotatable bonds is 10. The Hall–Kier alpha value is -2.61. The molecule has 3 rings (SSSR count). The van der Waals surface area contributed by atoms with Crippen molar-refractivity contribution in [2.24, 2.45) is 4.99 Å². The van der Waals surface area contributed by atoms with Crippen LogP contribution in [0.2, 0.25) is 0 Å². The molecule has 32 heavy (non-hydrogen) atoms. The van der Waals surface area contributed by atoms with E-state index in [0.29, 0.717) is 19.0 Å². The molecule has 1 aliphatic heterocycles. The van der Waals surface area contributed by atoms with E-state index in [1.54, 1.807) is 0 Å². The highest BCUT2D eigenvalue weighted by molar-refractivity contribution is 5.79. The van der Waals surface area contributed by atoms with E-state index in [1.165, 1.54) is 0 Å². The highest BCUT2D eigenvalue weighted by Crippen LogP contribution is 2.22. The summed E-state index contributed by atoms with van der Waals surface area (Å²) in [5.74, 6) is 3.09. The molecule has 1 saturated heterocycles. The van der Waals surface area contributed by atoms with Crippen LogP contribution in [0.5, 0.6) is 0 Å². The van der Waals surface area contributed by atoms with E-state index < -0.39 is 0 Å². The second-order valence-corrected chi connectivity index (χ2v) is 8.23. The van der Waals surface area contributed by atoms with Gasteiger partial charge in [-0.2, -0.15) is 0 Å². The molecule has 1 aliphatic rings. The summed E-state index contributed by atoms with van der Waals surface area (Å²) in [7, 11) is 0. The predicted molar refractivity (Wildman–Crippen MR) is 130 cm³/mol. The van der Waals surface area contributed by atoms with Gasteiger partial charge in [-0.05, 0) is 37.9 Å². The summed E-state index contributed by atoms with van der Waals surface area (Å²) < 4.78 is 5.51. The molecule has 0 bridgehead atoms. The van der Waals surface area contributed by atoms with Gasteiger partial charge in [-0.1, -0.05) is 32.0 Å². The van der Waals surface area contributed by atoms with Gasteiger partial charge in [-0.25, -0.2) is 9.98 Å². The highest BCUT2D eigenvalue weighted by Gasteiger charge is 2.16. The number of piperazine rings is 1. The molecule has 0 unspecified atom stereocenters. The normalized spacial score (nSPS) is 15.4. The third-order valence-corrected chi connectivity index (χ3v) is 6.13. The molecular weight excluding hydrogens is 402 g/mol. The maximum Gasteiger partial charge on any atom is 0.191 e. The summed E-state index contributed by atoms with van der Waals surface area (Å²) in [5, 5.41) is 10.9. The topological polar surface area (TPSA) is 81.8 Å². The van der Waals surface area contributed by atoms with Crippen molar-refractivity contribution >= 4 is 11.8 Å². The first kappa shape index (κ1) is 24.0. The van der Waals surface area contributed by atoms with E-state index in [4.69, 9.17) is 9.52 Å². The third kappa shape index (κ3) is 6.69. The Morgan fingerprint density at radius 3 is 2.50 bits per heavy atom. The Balaban J connectivity index is 1.53. The molecule has 2 aromatic heterocycles. The van der Waals surface area contributed by atoms with Crippen LogP contribution < -0.4 is 15.5 Å². The fourth-order valence-corrected chi connectivity index (χ4v) is 3.99. The quantitative estimate of drug-likeness (QED) is 0.432. The largest absolute Gasteiger partial charge is 0.359 e. The smallest absolute Gasteiger partial charge is 0.191 e. The number of aromatic nitrogens is 2. The molecule has 8 heteroatoms. The summed E-state index contributed by atoms with van der Waals surface area (Å²) in [6, 6.07) is 6.29. The lowest BCUT2D eigenvalue weighted by molar-refractivity contribution is 0.270. The number of hydrogen-bond acceptors (Lipinski definition) is 6. The minimum absolute atomic E-state index is 0.459. The molecular formula is C24H39N7O. The summed E-state index contributed by atoms with van der Waals surface area (Å²) >= 11 is 0. The van der Waals surface area contributed by atoms with Gasteiger partial charge in [-0.3, -0.25) is 0 Å². The lowest BCUT2D eigenvalue weighted by Crippen LogP contribution is -2.46. The van der Waals surface area contributed by atoms with Gasteiger partial charge in [0.2, 0.25) is 0 Å². The van der Waals surface area contributed by atoms with E-state index in [-0.39, 0.29) is 0 Å². The number of guanidine groups is 1. The number of aliphatic imine (C=N–C) groups is 1. The molecule has 2 aromatic rings. The van der Waals surface area contributed by atoms with Gasteiger partial charge in [0.15, 0.2) is 11.7 Å². The van der Waals surface area contributed by atoms with Crippen molar-refractivity contribution in [2.75, 3.05) is 44.2 Å². The lowest BCUT2D eigenvalue weighted by atomic mass is 9.99.